The molecule has 0 fully saturated rings. The van der Waals surface area contributed by atoms with Gasteiger partial charge in [-0.05, 0) is 19.8 Å². The highest BCUT2D eigenvalue weighted by atomic mass is 32.2. The molecule has 0 aromatic carbocycles. The number of hydrogen-bond donors (Lipinski definition) is 0. The van der Waals surface area contributed by atoms with Gasteiger partial charge in [-0.15, -0.1) is 0 Å². The van der Waals surface area contributed by atoms with Crippen LogP contribution in [0.25, 0.3) is 0 Å². The molecular weight excluding hydrogens is 144 g/mol. The molecule has 56 valence electrons. The van der Waals surface area contributed by atoms with E-state index in [0.29, 0.717) is 0 Å². The molecule has 0 unspecified atom stereocenters. The van der Waals surface area contributed by atoms with Gasteiger partial charge in [-0.3, -0.25) is 0 Å². The van der Waals surface area contributed by atoms with Crippen LogP contribution in [0.4, 0.5) is 0 Å². The van der Waals surface area contributed by atoms with Crippen LogP contribution in [-0.2, 0) is 4.18 Å². The Labute approximate surface area is 66.4 Å². The highest BCUT2D eigenvalue weighted by Crippen LogP contribution is 2.27. The van der Waals surface area contributed by atoms with Crippen molar-refractivity contribution in [2.75, 3.05) is 7.11 Å². The second kappa shape index (κ2) is 3.84. The van der Waals surface area contributed by atoms with E-state index in [1.165, 1.54) is 35.4 Å². The maximum atomic E-state index is 4.96. The highest BCUT2D eigenvalue weighted by molar-refractivity contribution is 7.98. The quantitative estimate of drug-likeness (QED) is 0.568. The van der Waals surface area contributed by atoms with Crippen LogP contribution in [0.2, 0.25) is 0 Å². The van der Waals surface area contributed by atoms with Gasteiger partial charge in [-0.2, -0.15) is 0 Å². The molecule has 0 amide bonds. The zero-order valence-corrected chi connectivity index (χ0v) is 7.20. The second-order valence-corrected chi connectivity index (χ2v) is 3.28. The molecule has 10 heavy (non-hydrogen) atoms. The van der Waals surface area contributed by atoms with E-state index in [9.17, 15) is 0 Å². The summed E-state index contributed by atoms with van der Waals surface area (Å²) in [6, 6.07) is 0. The molecule has 1 rings (SSSR count). The first-order chi connectivity index (χ1) is 4.84. The van der Waals surface area contributed by atoms with E-state index in [1.54, 1.807) is 7.11 Å². The largest absolute Gasteiger partial charge is 0.314 e. The van der Waals surface area contributed by atoms with E-state index in [4.69, 9.17) is 4.18 Å². The van der Waals surface area contributed by atoms with Gasteiger partial charge < -0.3 is 4.18 Å². The molecule has 0 aromatic rings. The van der Waals surface area contributed by atoms with Gasteiger partial charge in [0.1, 0.15) is 0 Å². The van der Waals surface area contributed by atoms with Crippen molar-refractivity contribution in [1.82, 2.24) is 0 Å². The third-order valence-electron chi connectivity index (χ3n) is 1.55. The lowest BCUT2D eigenvalue weighted by Gasteiger charge is -2.09. The monoisotopic (exact) mass is 156 g/mol. The molecule has 0 aliphatic heterocycles. The van der Waals surface area contributed by atoms with Crippen LogP contribution in [0.1, 0.15) is 19.8 Å². The van der Waals surface area contributed by atoms with E-state index in [-0.39, 0.29) is 0 Å². The van der Waals surface area contributed by atoms with Crippen LogP contribution in [-0.4, -0.2) is 7.11 Å². The average molecular weight is 156 g/mol. The summed E-state index contributed by atoms with van der Waals surface area (Å²) in [5.74, 6) is 0. The molecule has 0 atom stereocenters. The molecule has 0 N–H and O–H groups in total. The fraction of sp³-hybridized carbons (Fsp3) is 0.500. The average Bonchev–Trinajstić information content (AvgIpc) is 1.94. The molecular formula is C8H12OS. The fourth-order valence-corrected chi connectivity index (χ4v) is 1.52. The van der Waals surface area contributed by atoms with Crippen molar-refractivity contribution in [3.05, 3.63) is 22.6 Å². The van der Waals surface area contributed by atoms with Gasteiger partial charge in [-0.25, -0.2) is 0 Å². The van der Waals surface area contributed by atoms with Crippen LogP contribution in [0.5, 0.6) is 0 Å². The lowest BCUT2D eigenvalue weighted by atomic mass is 10.1. The van der Waals surface area contributed by atoms with Gasteiger partial charge >= 0.3 is 0 Å². The van der Waals surface area contributed by atoms with Crippen molar-refractivity contribution in [3.8, 4) is 0 Å². The Morgan fingerprint density at radius 1 is 1.60 bits per heavy atom. The Kier molecular flexibility index (Phi) is 3.03. The van der Waals surface area contributed by atoms with Crippen LogP contribution in [0.3, 0.4) is 0 Å². The molecule has 0 heterocycles. The maximum absolute atomic E-state index is 4.96. The summed E-state index contributed by atoms with van der Waals surface area (Å²) in [5.41, 5.74) is 1.44. The second-order valence-electron chi connectivity index (χ2n) is 2.34. The van der Waals surface area contributed by atoms with Gasteiger partial charge in [-0.1, -0.05) is 17.7 Å². The SMILES string of the molecule is COSC1=C(C)CCC=C1. The lowest BCUT2D eigenvalue weighted by Crippen LogP contribution is -1.87. The third kappa shape index (κ3) is 1.89. The molecule has 0 radical (unpaired) electrons. The molecule has 0 bridgehead atoms. The molecule has 0 saturated carbocycles. The zero-order chi connectivity index (χ0) is 7.40. The van der Waals surface area contributed by atoms with Crippen LogP contribution in [0.15, 0.2) is 22.6 Å². The molecule has 0 saturated heterocycles. The summed E-state index contributed by atoms with van der Waals surface area (Å²) in [6.45, 7) is 2.16. The van der Waals surface area contributed by atoms with E-state index in [2.05, 4.69) is 19.1 Å². The van der Waals surface area contributed by atoms with Crippen molar-refractivity contribution >= 4 is 12.0 Å². The summed E-state index contributed by atoms with van der Waals surface area (Å²) in [6.07, 6.45) is 6.68. The lowest BCUT2D eigenvalue weighted by molar-refractivity contribution is 0.493. The molecule has 2 heteroatoms. The minimum atomic E-state index is 1.18. The Morgan fingerprint density at radius 3 is 3.00 bits per heavy atom. The molecule has 0 aromatic heterocycles. The Hall–Kier alpha value is -0.210. The van der Waals surface area contributed by atoms with Crippen LogP contribution >= 0.6 is 12.0 Å². The van der Waals surface area contributed by atoms with Gasteiger partial charge in [0.15, 0.2) is 0 Å². The van der Waals surface area contributed by atoms with Gasteiger partial charge in [0.2, 0.25) is 0 Å². The highest BCUT2D eigenvalue weighted by Gasteiger charge is 2.03. The Bertz CT molecular complexity index is 170. The van der Waals surface area contributed by atoms with Crippen molar-refractivity contribution in [1.29, 1.82) is 0 Å². The summed E-state index contributed by atoms with van der Waals surface area (Å²) in [5, 5.41) is 0. The van der Waals surface area contributed by atoms with E-state index in [1.807, 2.05) is 0 Å². The van der Waals surface area contributed by atoms with Crippen molar-refractivity contribution in [2.24, 2.45) is 0 Å². The van der Waals surface area contributed by atoms with Crippen molar-refractivity contribution in [2.45, 2.75) is 19.8 Å². The smallest absolute Gasteiger partial charge is 0.0508 e. The molecule has 0 spiro atoms. The standard InChI is InChI=1S/C8H12OS/c1-7-5-3-4-6-8(7)10-9-2/h4,6H,3,5H2,1-2H3. The van der Waals surface area contributed by atoms with E-state index in [0.717, 1.165) is 0 Å². The number of allylic oxidation sites excluding steroid dienone is 3. The van der Waals surface area contributed by atoms with E-state index < -0.39 is 0 Å². The minimum absolute atomic E-state index is 1.18. The first kappa shape index (κ1) is 7.89. The van der Waals surface area contributed by atoms with Crippen LogP contribution in [0, 0.1) is 0 Å². The normalized spacial score (nSPS) is 18.2. The first-order valence-corrected chi connectivity index (χ1v) is 4.15. The summed E-state index contributed by atoms with van der Waals surface area (Å²) in [4.78, 5) is 1.27. The number of hydrogen-bond acceptors (Lipinski definition) is 2. The summed E-state index contributed by atoms with van der Waals surface area (Å²) >= 11 is 1.45. The Balaban J connectivity index is 2.60. The van der Waals surface area contributed by atoms with E-state index >= 15 is 0 Å². The molecule has 1 aliphatic rings. The zero-order valence-electron chi connectivity index (χ0n) is 6.39. The van der Waals surface area contributed by atoms with Gasteiger partial charge in [0.25, 0.3) is 0 Å². The fourth-order valence-electron chi connectivity index (χ4n) is 0.944. The van der Waals surface area contributed by atoms with Crippen molar-refractivity contribution in [3.63, 3.8) is 0 Å². The van der Waals surface area contributed by atoms with Gasteiger partial charge in [0, 0.05) is 16.9 Å². The maximum Gasteiger partial charge on any atom is 0.0508 e. The molecule has 1 nitrogen and oxygen atoms in total. The third-order valence-corrected chi connectivity index (χ3v) is 2.38. The minimum Gasteiger partial charge on any atom is -0.314 e. The predicted molar refractivity (Wildman–Crippen MR) is 45.7 cm³/mol. The summed E-state index contributed by atoms with van der Waals surface area (Å²) < 4.78 is 4.96. The molecule has 1 aliphatic carbocycles. The topological polar surface area (TPSA) is 9.23 Å². The van der Waals surface area contributed by atoms with Crippen LogP contribution < -0.4 is 0 Å². The Morgan fingerprint density at radius 2 is 2.40 bits per heavy atom. The first-order valence-electron chi connectivity index (χ1n) is 3.41. The summed E-state index contributed by atoms with van der Waals surface area (Å²) in [7, 11) is 1.70. The van der Waals surface area contributed by atoms with Gasteiger partial charge in [0.05, 0.1) is 7.11 Å². The number of rotatable bonds is 2. The van der Waals surface area contributed by atoms with Crippen molar-refractivity contribution < 1.29 is 4.18 Å². The predicted octanol–water partition coefficient (Wildman–Crippen LogP) is 2.91.